The van der Waals surface area contributed by atoms with Crippen LogP contribution in [-0.2, 0) is 14.2 Å². The minimum atomic E-state index is -0.474. The molecule has 0 aromatic rings. The third-order valence-corrected chi connectivity index (χ3v) is 5.33. The largest absolute Gasteiger partial charge is 0.444 e. The van der Waals surface area contributed by atoms with Crippen LogP contribution in [0.1, 0.15) is 46.5 Å². The molecule has 2 rings (SSSR count). The van der Waals surface area contributed by atoms with Crippen LogP contribution in [0.3, 0.4) is 0 Å². The predicted molar refractivity (Wildman–Crippen MR) is 114 cm³/mol. The summed E-state index contributed by atoms with van der Waals surface area (Å²) in [4.78, 5) is 21.2. The van der Waals surface area contributed by atoms with Gasteiger partial charge in [-0.25, -0.2) is 4.79 Å². The Morgan fingerprint density at radius 2 is 1.97 bits per heavy atom. The lowest BCUT2D eigenvalue weighted by atomic mass is 10.0. The summed E-state index contributed by atoms with van der Waals surface area (Å²) in [5, 5.41) is 3.49. The van der Waals surface area contributed by atoms with E-state index in [0.29, 0.717) is 25.7 Å². The van der Waals surface area contributed by atoms with Gasteiger partial charge in [0.15, 0.2) is 5.96 Å². The summed E-state index contributed by atoms with van der Waals surface area (Å²) in [6.45, 7) is 11.1. The molecule has 2 saturated heterocycles. The van der Waals surface area contributed by atoms with Crippen LogP contribution >= 0.6 is 0 Å². The van der Waals surface area contributed by atoms with Gasteiger partial charge < -0.3 is 29.3 Å². The lowest BCUT2D eigenvalue weighted by Gasteiger charge is -2.37. The van der Waals surface area contributed by atoms with Crippen LogP contribution in [0.5, 0.6) is 0 Å². The molecule has 2 atom stereocenters. The molecule has 0 bridgehead atoms. The number of piperidine rings is 1. The molecule has 0 spiro atoms. The Bertz CT molecular complexity index is 535. The predicted octanol–water partition coefficient (Wildman–Crippen LogP) is 2.34. The summed E-state index contributed by atoms with van der Waals surface area (Å²) >= 11 is 0. The lowest BCUT2D eigenvalue weighted by molar-refractivity contribution is 0.0103. The monoisotopic (exact) mass is 412 g/mol. The molecular formula is C21H40N4O4. The maximum absolute atomic E-state index is 12.6. The number of hydrogen-bond donors (Lipinski definition) is 1. The van der Waals surface area contributed by atoms with Gasteiger partial charge in [0, 0.05) is 46.3 Å². The average Bonchev–Trinajstić information content (AvgIpc) is 3.13. The zero-order valence-electron chi connectivity index (χ0n) is 18.9. The Kier molecular flexibility index (Phi) is 9.49. The zero-order chi connectivity index (χ0) is 21.3. The van der Waals surface area contributed by atoms with Crippen molar-refractivity contribution in [2.75, 3.05) is 60.2 Å². The summed E-state index contributed by atoms with van der Waals surface area (Å²) in [6.07, 6.45) is 4.03. The van der Waals surface area contributed by atoms with Crippen LogP contribution in [0.15, 0.2) is 4.99 Å². The summed E-state index contributed by atoms with van der Waals surface area (Å²) in [5.41, 5.74) is -0.474. The molecule has 0 radical (unpaired) electrons. The van der Waals surface area contributed by atoms with Crippen LogP contribution < -0.4 is 5.32 Å². The van der Waals surface area contributed by atoms with Crippen molar-refractivity contribution in [2.24, 2.45) is 10.9 Å². The van der Waals surface area contributed by atoms with Gasteiger partial charge >= 0.3 is 6.09 Å². The van der Waals surface area contributed by atoms with Crippen molar-refractivity contribution in [3.63, 3.8) is 0 Å². The molecule has 1 amide bonds. The minimum absolute atomic E-state index is 0.131. The summed E-state index contributed by atoms with van der Waals surface area (Å²) in [7, 11) is 3.50. The Labute approximate surface area is 175 Å². The highest BCUT2D eigenvalue weighted by molar-refractivity contribution is 5.80. The van der Waals surface area contributed by atoms with E-state index in [1.54, 1.807) is 7.11 Å². The van der Waals surface area contributed by atoms with Crippen molar-refractivity contribution in [3.8, 4) is 0 Å². The third kappa shape index (κ3) is 8.01. The summed E-state index contributed by atoms with van der Waals surface area (Å²) < 4.78 is 16.3. The normalized spacial score (nSPS) is 23.4. The zero-order valence-corrected chi connectivity index (χ0v) is 18.9. The SMILES string of the molecule is CN=C(NCC1CCCCN1C(=O)OC(C)(C)C)N1CCC(COCCOC)C1. The van der Waals surface area contributed by atoms with Gasteiger partial charge in [-0.05, 0) is 46.5 Å². The van der Waals surface area contributed by atoms with Crippen molar-refractivity contribution >= 4 is 12.1 Å². The first kappa shape index (κ1) is 23.7. The van der Waals surface area contributed by atoms with E-state index in [0.717, 1.165) is 57.9 Å². The molecule has 8 heteroatoms. The molecule has 2 aliphatic heterocycles. The molecule has 2 unspecified atom stereocenters. The number of guanidine groups is 1. The van der Waals surface area contributed by atoms with Crippen LogP contribution in [0.2, 0.25) is 0 Å². The Morgan fingerprint density at radius 3 is 2.66 bits per heavy atom. The van der Waals surface area contributed by atoms with E-state index < -0.39 is 5.60 Å². The second-order valence-electron chi connectivity index (χ2n) is 8.92. The smallest absolute Gasteiger partial charge is 0.410 e. The molecule has 168 valence electrons. The van der Waals surface area contributed by atoms with Crippen LogP contribution in [0.25, 0.3) is 0 Å². The van der Waals surface area contributed by atoms with Gasteiger partial charge in [-0.2, -0.15) is 0 Å². The third-order valence-electron chi connectivity index (χ3n) is 5.33. The van der Waals surface area contributed by atoms with Gasteiger partial charge in [-0.1, -0.05) is 0 Å². The minimum Gasteiger partial charge on any atom is -0.444 e. The molecule has 0 aromatic carbocycles. The number of amides is 1. The lowest BCUT2D eigenvalue weighted by Crippen LogP contribution is -2.52. The van der Waals surface area contributed by atoms with E-state index in [9.17, 15) is 4.79 Å². The fourth-order valence-corrected chi connectivity index (χ4v) is 3.87. The van der Waals surface area contributed by atoms with Gasteiger partial charge in [0.2, 0.25) is 0 Å². The van der Waals surface area contributed by atoms with Crippen molar-refractivity contribution in [1.29, 1.82) is 0 Å². The maximum atomic E-state index is 12.6. The number of nitrogens with zero attached hydrogens (tertiary/aromatic N) is 3. The number of aliphatic imine (C=N–C) groups is 1. The Hall–Kier alpha value is -1.54. The van der Waals surface area contributed by atoms with Crippen molar-refractivity contribution in [3.05, 3.63) is 0 Å². The van der Waals surface area contributed by atoms with Crippen molar-refractivity contribution in [2.45, 2.75) is 58.1 Å². The number of carbonyl (C=O) groups is 1. The number of carbonyl (C=O) groups excluding carboxylic acids is 1. The van der Waals surface area contributed by atoms with E-state index in [1.165, 1.54) is 0 Å². The highest BCUT2D eigenvalue weighted by Crippen LogP contribution is 2.21. The number of ether oxygens (including phenoxy) is 3. The first-order valence-corrected chi connectivity index (χ1v) is 10.9. The van der Waals surface area contributed by atoms with Gasteiger partial charge in [0.05, 0.1) is 25.9 Å². The number of hydrogen-bond acceptors (Lipinski definition) is 5. The standard InChI is InChI=1S/C21H40N4O4/c1-21(2,3)29-20(26)25-10-7-6-8-18(25)14-23-19(22-4)24-11-9-17(15-24)16-28-13-12-27-5/h17-18H,6-16H2,1-5H3,(H,22,23). The van der Waals surface area contributed by atoms with E-state index in [4.69, 9.17) is 14.2 Å². The van der Waals surface area contributed by atoms with Gasteiger partial charge in [0.1, 0.15) is 5.60 Å². The molecule has 2 heterocycles. The number of nitrogens with one attached hydrogen (secondary N) is 1. The fourth-order valence-electron chi connectivity index (χ4n) is 3.87. The van der Waals surface area contributed by atoms with Crippen molar-refractivity contribution in [1.82, 2.24) is 15.1 Å². The molecular weight excluding hydrogens is 372 g/mol. The highest BCUT2D eigenvalue weighted by Gasteiger charge is 2.31. The molecule has 29 heavy (non-hydrogen) atoms. The van der Waals surface area contributed by atoms with E-state index in [-0.39, 0.29) is 12.1 Å². The van der Waals surface area contributed by atoms with E-state index >= 15 is 0 Å². The van der Waals surface area contributed by atoms with Crippen LogP contribution in [-0.4, -0.2) is 93.7 Å². The quantitative estimate of drug-likeness (QED) is 0.393. The second-order valence-corrected chi connectivity index (χ2v) is 8.92. The molecule has 0 saturated carbocycles. The first-order chi connectivity index (χ1) is 13.8. The summed E-state index contributed by atoms with van der Waals surface area (Å²) in [5.74, 6) is 1.41. The Balaban J connectivity index is 1.82. The first-order valence-electron chi connectivity index (χ1n) is 10.9. The number of rotatable bonds is 7. The molecule has 0 aromatic heterocycles. The van der Waals surface area contributed by atoms with Gasteiger partial charge in [-0.15, -0.1) is 0 Å². The maximum Gasteiger partial charge on any atom is 0.410 e. The van der Waals surface area contributed by atoms with Gasteiger partial charge in [-0.3, -0.25) is 4.99 Å². The van der Waals surface area contributed by atoms with Crippen LogP contribution in [0.4, 0.5) is 4.79 Å². The number of likely N-dealkylation sites (tertiary alicyclic amines) is 2. The second kappa shape index (κ2) is 11.6. The molecule has 2 aliphatic rings. The molecule has 1 N–H and O–H groups in total. The highest BCUT2D eigenvalue weighted by atomic mass is 16.6. The summed E-state index contributed by atoms with van der Waals surface area (Å²) in [6, 6.07) is 0.131. The molecule has 8 nitrogen and oxygen atoms in total. The van der Waals surface area contributed by atoms with E-state index in [2.05, 4.69) is 15.2 Å². The Morgan fingerprint density at radius 1 is 1.17 bits per heavy atom. The van der Waals surface area contributed by atoms with Crippen LogP contribution in [0, 0.1) is 5.92 Å². The molecule has 2 fully saturated rings. The van der Waals surface area contributed by atoms with Gasteiger partial charge in [0.25, 0.3) is 0 Å². The van der Waals surface area contributed by atoms with Crippen molar-refractivity contribution < 1.29 is 19.0 Å². The topological polar surface area (TPSA) is 75.6 Å². The number of methoxy groups -OCH3 is 1. The fraction of sp³-hybridized carbons (Fsp3) is 0.905. The molecule has 0 aliphatic carbocycles. The average molecular weight is 413 g/mol. The van der Waals surface area contributed by atoms with E-state index in [1.807, 2.05) is 32.7 Å².